The van der Waals surface area contributed by atoms with Crippen LogP contribution in [-0.2, 0) is 4.79 Å². The summed E-state index contributed by atoms with van der Waals surface area (Å²) in [5.41, 5.74) is 0.812. The van der Waals surface area contributed by atoms with Crippen LogP contribution in [-0.4, -0.2) is 17.1 Å². The molecule has 1 atom stereocenters. The van der Waals surface area contributed by atoms with Gasteiger partial charge in [-0.3, -0.25) is 9.59 Å². The fraction of sp³-hybridized carbons (Fsp3) is 0.0667. The summed E-state index contributed by atoms with van der Waals surface area (Å²) in [6, 6.07) is 15.2. The van der Waals surface area contributed by atoms with Gasteiger partial charge in [-0.05, 0) is 12.1 Å². The number of nitrogens with one attached hydrogen (secondary N) is 1. The van der Waals surface area contributed by atoms with Crippen molar-refractivity contribution in [3.63, 3.8) is 0 Å². The lowest BCUT2D eigenvalue weighted by Crippen LogP contribution is -2.30. The van der Waals surface area contributed by atoms with Crippen LogP contribution >= 0.6 is 23.2 Å². The number of alkyl halides is 1. The van der Waals surface area contributed by atoms with Crippen molar-refractivity contribution in [3.05, 3.63) is 65.2 Å². The molecule has 2 aromatic carbocycles. The van der Waals surface area contributed by atoms with E-state index in [0.717, 1.165) is 0 Å². The second-order valence-electron chi connectivity index (χ2n) is 4.06. The van der Waals surface area contributed by atoms with Gasteiger partial charge < -0.3 is 5.32 Å². The molecule has 0 fully saturated rings. The van der Waals surface area contributed by atoms with Crippen LogP contribution in [0.3, 0.4) is 0 Å². The molecule has 20 heavy (non-hydrogen) atoms. The maximum Gasteiger partial charge on any atom is 0.250 e. The molecule has 0 aromatic heterocycles. The van der Waals surface area contributed by atoms with Gasteiger partial charge in [-0.25, -0.2) is 0 Å². The molecule has 5 heteroatoms. The van der Waals surface area contributed by atoms with Gasteiger partial charge in [0.15, 0.2) is 11.2 Å². The van der Waals surface area contributed by atoms with Crippen LogP contribution in [0.5, 0.6) is 0 Å². The van der Waals surface area contributed by atoms with Gasteiger partial charge in [0.2, 0.25) is 5.91 Å². The van der Waals surface area contributed by atoms with Crippen LogP contribution in [0, 0.1) is 0 Å². The third kappa shape index (κ3) is 3.38. The molecule has 3 nitrogen and oxygen atoms in total. The Morgan fingerprint density at radius 3 is 2.20 bits per heavy atom. The van der Waals surface area contributed by atoms with Crippen LogP contribution < -0.4 is 5.32 Å². The van der Waals surface area contributed by atoms with E-state index >= 15 is 0 Å². The summed E-state index contributed by atoms with van der Waals surface area (Å²) < 4.78 is 0. The van der Waals surface area contributed by atoms with Crippen molar-refractivity contribution in [3.8, 4) is 0 Å². The quantitative estimate of drug-likeness (QED) is 0.531. The number of ketones is 1. The number of carbonyl (C=O) groups is 2. The van der Waals surface area contributed by atoms with Crippen LogP contribution in [0.1, 0.15) is 10.4 Å². The van der Waals surface area contributed by atoms with Gasteiger partial charge in [0.25, 0.3) is 0 Å². The Kier molecular flexibility index (Phi) is 4.77. The summed E-state index contributed by atoms with van der Waals surface area (Å²) in [5.74, 6) is -1.05. The monoisotopic (exact) mass is 307 g/mol. The summed E-state index contributed by atoms with van der Waals surface area (Å²) in [4.78, 5) is 24.0. The zero-order chi connectivity index (χ0) is 14.5. The predicted octanol–water partition coefficient (Wildman–Crippen LogP) is 3.77. The number of hydrogen-bond acceptors (Lipinski definition) is 2. The Morgan fingerprint density at radius 2 is 1.55 bits per heavy atom. The highest BCUT2D eigenvalue weighted by molar-refractivity contribution is 6.45. The van der Waals surface area contributed by atoms with E-state index in [4.69, 9.17) is 23.2 Å². The molecule has 0 radical (unpaired) electrons. The lowest BCUT2D eigenvalue weighted by molar-refractivity contribution is -0.115. The van der Waals surface area contributed by atoms with Gasteiger partial charge >= 0.3 is 0 Å². The van der Waals surface area contributed by atoms with Crippen molar-refractivity contribution in [1.82, 2.24) is 0 Å². The Hall–Kier alpha value is -1.84. The minimum atomic E-state index is -1.30. The number of halogens is 2. The van der Waals surface area contributed by atoms with Gasteiger partial charge in [-0.2, -0.15) is 0 Å². The molecule has 2 rings (SSSR count). The van der Waals surface area contributed by atoms with E-state index in [1.54, 1.807) is 54.6 Å². The van der Waals surface area contributed by atoms with Crippen molar-refractivity contribution in [2.45, 2.75) is 5.38 Å². The first-order chi connectivity index (χ1) is 9.59. The number of para-hydroxylation sites is 1. The fourth-order valence-corrected chi connectivity index (χ4v) is 1.99. The average molecular weight is 308 g/mol. The number of hydrogen-bond donors (Lipinski definition) is 1. The summed E-state index contributed by atoms with van der Waals surface area (Å²) >= 11 is 11.8. The van der Waals surface area contributed by atoms with E-state index < -0.39 is 17.1 Å². The van der Waals surface area contributed by atoms with Gasteiger partial charge in [0.05, 0.1) is 10.7 Å². The molecule has 2 aromatic rings. The van der Waals surface area contributed by atoms with E-state index in [9.17, 15) is 9.59 Å². The van der Waals surface area contributed by atoms with Crippen molar-refractivity contribution < 1.29 is 9.59 Å². The number of amides is 1. The summed E-state index contributed by atoms with van der Waals surface area (Å²) in [6.07, 6.45) is 0. The van der Waals surface area contributed by atoms with E-state index in [1.807, 2.05) is 0 Å². The van der Waals surface area contributed by atoms with Gasteiger partial charge in [-0.15, -0.1) is 11.6 Å². The fourth-order valence-electron chi connectivity index (χ4n) is 1.63. The Bertz CT molecular complexity index is 629. The third-order valence-electron chi connectivity index (χ3n) is 2.65. The number of carbonyl (C=O) groups excluding carboxylic acids is 2. The number of Topliss-reactive ketones (excluding diaryl/α,β-unsaturated/α-hetero) is 1. The van der Waals surface area contributed by atoms with E-state index in [1.165, 1.54) is 0 Å². The predicted molar refractivity (Wildman–Crippen MR) is 80.5 cm³/mol. The second-order valence-corrected chi connectivity index (χ2v) is 4.91. The first-order valence-corrected chi connectivity index (χ1v) is 6.70. The minimum Gasteiger partial charge on any atom is -0.323 e. The molecule has 1 amide bonds. The minimum absolute atomic E-state index is 0.386. The van der Waals surface area contributed by atoms with Crippen molar-refractivity contribution in [2.75, 3.05) is 5.32 Å². The largest absolute Gasteiger partial charge is 0.323 e. The molecule has 0 aliphatic carbocycles. The van der Waals surface area contributed by atoms with Crippen LogP contribution in [0.15, 0.2) is 54.6 Å². The van der Waals surface area contributed by atoms with Gasteiger partial charge in [-0.1, -0.05) is 54.1 Å². The van der Waals surface area contributed by atoms with Crippen molar-refractivity contribution >= 4 is 40.6 Å². The highest BCUT2D eigenvalue weighted by Gasteiger charge is 2.25. The Labute approximate surface area is 126 Å². The lowest BCUT2D eigenvalue weighted by Gasteiger charge is -2.10. The Balaban J connectivity index is 2.10. The van der Waals surface area contributed by atoms with E-state index in [-0.39, 0.29) is 0 Å². The van der Waals surface area contributed by atoms with Crippen molar-refractivity contribution in [1.29, 1.82) is 0 Å². The Morgan fingerprint density at radius 1 is 0.950 bits per heavy atom. The average Bonchev–Trinajstić information content (AvgIpc) is 2.49. The number of benzene rings is 2. The molecule has 1 unspecified atom stereocenters. The highest BCUT2D eigenvalue weighted by atomic mass is 35.5. The number of anilines is 1. The van der Waals surface area contributed by atoms with Crippen LogP contribution in [0.25, 0.3) is 0 Å². The standard InChI is InChI=1S/C15H11Cl2NO2/c16-11-8-4-5-9-12(11)18-15(20)13(17)14(19)10-6-2-1-3-7-10/h1-9,13H,(H,18,20). The summed E-state index contributed by atoms with van der Waals surface area (Å²) in [6.45, 7) is 0. The molecule has 0 spiro atoms. The molecule has 0 bridgehead atoms. The molecule has 1 N–H and O–H groups in total. The van der Waals surface area contributed by atoms with Crippen molar-refractivity contribution in [2.24, 2.45) is 0 Å². The summed E-state index contributed by atoms with van der Waals surface area (Å²) in [5, 5.41) is 1.63. The molecule has 0 saturated heterocycles. The zero-order valence-corrected chi connectivity index (χ0v) is 11.9. The highest BCUT2D eigenvalue weighted by Crippen LogP contribution is 2.21. The molecule has 0 aliphatic rings. The molecule has 0 saturated carbocycles. The van der Waals surface area contributed by atoms with Crippen LogP contribution in [0.4, 0.5) is 5.69 Å². The van der Waals surface area contributed by atoms with E-state index in [2.05, 4.69) is 5.32 Å². The third-order valence-corrected chi connectivity index (χ3v) is 3.38. The normalized spacial score (nSPS) is 11.7. The molecule has 0 heterocycles. The molecule has 0 aliphatic heterocycles. The lowest BCUT2D eigenvalue weighted by atomic mass is 10.1. The first-order valence-electron chi connectivity index (χ1n) is 5.88. The zero-order valence-electron chi connectivity index (χ0n) is 10.3. The number of rotatable bonds is 4. The molecular formula is C15H11Cl2NO2. The van der Waals surface area contributed by atoms with Gasteiger partial charge in [0, 0.05) is 5.56 Å². The molecule has 102 valence electrons. The SMILES string of the molecule is O=C(Nc1ccccc1Cl)C(Cl)C(=O)c1ccccc1. The second kappa shape index (κ2) is 6.55. The van der Waals surface area contributed by atoms with Gasteiger partial charge in [0.1, 0.15) is 0 Å². The molecular weight excluding hydrogens is 297 g/mol. The smallest absolute Gasteiger partial charge is 0.250 e. The van der Waals surface area contributed by atoms with E-state index in [0.29, 0.717) is 16.3 Å². The summed E-state index contributed by atoms with van der Waals surface area (Å²) in [7, 11) is 0. The van der Waals surface area contributed by atoms with Crippen LogP contribution in [0.2, 0.25) is 5.02 Å². The maximum atomic E-state index is 12.0. The maximum absolute atomic E-state index is 12.0. The first kappa shape index (κ1) is 14.6. The topological polar surface area (TPSA) is 46.2 Å².